The molecular formula is C10H9ClF2N2O2. The molecule has 1 N–H and O–H groups in total. The number of ether oxygens (including phenoxy) is 1. The molecule has 0 atom stereocenters. The van der Waals surface area contributed by atoms with E-state index < -0.39 is 22.8 Å². The Labute approximate surface area is 101 Å². The zero-order valence-electron chi connectivity index (χ0n) is 8.84. The summed E-state index contributed by atoms with van der Waals surface area (Å²) in [6, 6.07) is 2.85. The van der Waals surface area contributed by atoms with E-state index >= 15 is 0 Å². The quantitative estimate of drug-likeness (QED) is 0.515. The molecule has 0 saturated heterocycles. The van der Waals surface area contributed by atoms with Crippen molar-refractivity contribution in [1.29, 1.82) is 0 Å². The molecule has 0 radical (unpaired) electrons. The monoisotopic (exact) mass is 262 g/mol. The molecule has 0 aliphatic carbocycles. The van der Waals surface area contributed by atoms with Crippen LogP contribution in [0.5, 0.6) is 0 Å². The second kappa shape index (κ2) is 6.15. The van der Waals surface area contributed by atoms with Gasteiger partial charge in [0, 0.05) is 6.07 Å². The maximum absolute atomic E-state index is 13.1. The van der Waals surface area contributed by atoms with Crippen LogP contribution in [-0.4, -0.2) is 17.7 Å². The second-order valence-electron chi connectivity index (χ2n) is 2.86. The molecule has 0 heterocycles. The van der Waals surface area contributed by atoms with E-state index in [-0.39, 0.29) is 12.3 Å². The number of esters is 1. The summed E-state index contributed by atoms with van der Waals surface area (Å²) in [5.41, 5.74) is 2.09. The maximum atomic E-state index is 13.1. The fourth-order valence-electron chi connectivity index (χ4n) is 0.926. The normalized spacial score (nSPS) is 11.2. The highest BCUT2D eigenvalue weighted by molar-refractivity contribution is 6.82. The summed E-state index contributed by atoms with van der Waals surface area (Å²) in [4.78, 5) is 11.0. The van der Waals surface area contributed by atoms with E-state index in [1.165, 1.54) is 0 Å². The van der Waals surface area contributed by atoms with Crippen LogP contribution in [-0.2, 0) is 9.53 Å². The van der Waals surface area contributed by atoms with Gasteiger partial charge >= 0.3 is 5.97 Å². The van der Waals surface area contributed by atoms with Gasteiger partial charge in [0.2, 0.25) is 5.17 Å². The van der Waals surface area contributed by atoms with Gasteiger partial charge in [0.05, 0.1) is 12.3 Å². The number of anilines is 1. The van der Waals surface area contributed by atoms with Crippen molar-refractivity contribution in [3.05, 3.63) is 29.8 Å². The number of rotatable bonds is 4. The minimum Gasteiger partial charge on any atom is -0.461 e. The predicted octanol–water partition coefficient (Wildman–Crippen LogP) is 2.49. The summed E-state index contributed by atoms with van der Waals surface area (Å²) in [5, 5.41) is 2.92. The average molecular weight is 263 g/mol. The molecule has 1 aromatic carbocycles. The number of nitrogens with one attached hydrogen (secondary N) is 1. The number of carbonyl (C=O) groups excluding carboxylic acids is 1. The van der Waals surface area contributed by atoms with Crippen LogP contribution < -0.4 is 5.43 Å². The van der Waals surface area contributed by atoms with Crippen molar-refractivity contribution in [2.45, 2.75) is 6.92 Å². The summed E-state index contributed by atoms with van der Waals surface area (Å²) in [7, 11) is 0. The number of benzene rings is 1. The number of halogens is 3. The molecule has 17 heavy (non-hydrogen) atoms. The van der Waals surface area contributed by atoms with E-state index in [1.54, 1.807) is 6.92 Å². The molecule has 0 bridgehead atoms. The molecule has 0 saturated carbocycles. The molecule has 7 heteroatoms. The van der Waals surface area contributed by atoms with Crippen LogP contribution in [0.15, 0.2) is 23.3 Å². The number of hydrogen-bond acceptors (Lipinski definition) is 4. The molecule has 1 aromatic rings. The van der Waals surface area contributed by atoms with Crippen LogP contribution in [0, 0.1) is 11.6 Å². The fraction of sp³-hybridized carbons (Fsp3) is 0.200. The Morgan fingerprint density at radius 3 is 2.82 bits per heavy atom. The average Bonchev–Trinajstić information content (AvgIpc) is 2.27. The van der Waals surface area contributed by atoms with E-state index in [1.807, 2.05) is 0 Å². The van der Waals surface area contributed by atoms with Gasteiger partial charge in [-0.25, -0.2) is 13.6 Å². The van der Waals surface area contributed by atoms with E-state index in [0.717, 1.165) is 12.1 Å². The molecule has 4 nitrogen and oxygen atoms in total. The smallest absolute Gasteiger partial charge is 0.370 e. The Balaban J connectivity index is 2.72. The summed E-state index contributed by atoms with van der Waals surface area (Å²) in [6.07, 6.45) is 0. The number of hydrazone groups is 1. The molecule has 1 rings (SSSR count). The molecule has 0 fully saturated rings. The highest BCUT2D eigenvalue weighted by Gasteiger charge is 2.09. The van der Waals surface area contributed by atoms with Gasteiger partial charge in [0.15, 0.2) is 5.82 Å². The van der Waals surface area contributed by atoms with Crippen molar-refractivity contribution < 1.29 is 18.3 Å². The largest absolute Gasteiger partial charge is 0.461 e. The molecule has 0 aromatic heterocycles. The van der Waals surface area contributed by atoms with Crippen LogP contribution >= 0.6 is 11.6 Å². The van der Waals surface area contributed by atoms with Gasteiger partial charge in [-0.15, -0.1) is 0 Å². The molecule has 92 valence electrons. The van der Waals surface area contributed by atoms with Gasteiger partial charge < -0.3 is 4.74 Å². The Morgan fingerprint density at radius 1 is 1.53 bits per heavy atom. The third-order valence-corrected chi connectivity index (χ3v) is 1.89. The van der Waals surface area contributed by atoms with Crippen LogP contribution in [0.2, 0.25) is 0 Å². The Kier molecular flexibility index (Phi) is 4.84. The molecule has 0 unspecified atom stereocenters. The van der Waals surface area contributed by atoms with Gasteiger partial charge in [-0.05, 0) is 19.1 Å². The van der Waals surface area contributed by atoms with Crippen molar-refractivity contribution >= 4 is 28.4 Å². The second-order valence-corrected chi connectivity index (χ2v) is 3.22. The third-order valence-electron chi connectivity index (χ3n) is 1.65. The summed E-state index contributed by atoms with van der Waals surface area (Å²) >= 11 is 5.46. The first kappa shape index (κ1) is 13.4. The molecule has 0 spiro atoms. The lowest BCUT2D eigenvalue weighted by Crippen LogP contribution is -2.13. The van der Waals surface area contributed by atoms with Crippen LogP contribution in [0.4, 0.5) is 14.5 Å². The van der Waals surface area contributed by atoms with E-state index in [4.69, 9.17) is 11.6 Å². The Hall–Kier alpha value is -1.69. The van der Waals surface area contributed by atoms with Gasteiger partial charge in [-0.2, -0.15) is 5.10 Å². The Morgan fingerprint density at radius 2 is 2.24 bits per heavy atom. The molecule has 0 amide bonds. The third kappa shape index (κ3) is 3.99. The first-order valence-electron chi connectivity index (χ1n) is 4.66. The van der Waals surface area contributed by atoms with Crippen molar-refractivity contribution in [3.63, 3.8) is 0 Å². The summed E-state index contributed by atoms with van der Waals surface area (Å²) < 4.78 is 30.2. The standard InChI is InChI=1S/C10H9ClF2N2O2/c1-2-17-10(16)9(11)15-14-8-4-3-6(12)5-7(8)13/h3-5,14H,2H2,1H3. The minimum absolute atomic E-state index is 0.103. The SMILES string of the molecule is CCOC(=O)C(Cl)=NNc1ccc(F)cc1F. The van der Waals surface area contributed by atoms with Crippen molar-refractivity contribution in [1.82, 2.24) is 0 Å². The first-order valence-corrected chi connectivity index (χ1v) is 5.03. The van der Waals surface area contributed by atoms with Gasteiger partial charge in [-0.1, -0.05) is 11.6 Å². The lowest BCUT2D eigenvalue weighted by Gasteiger charge is -2.03. The summed E-state index contributed by atoms with van der Waals surface area (Å²) in [5.74, 6) is -2.39. The molecule has 0 aliphatic rings. The van der Waals surface area contributed by atoms with E-state index in [2.05, 4.69) is 15.3 Å². The molecule has 0 aliphatic heterocycles. The maximum Gasteiger partial charge on any atom is 0.370 e. The first-order chi connectivity index (χ1) is 8.04. The highest BCUT2D eigenvalue weighted by Crippen LogP contribution is 2.14. The molecular weight excluding hydrogens is 254 g/mol. The number of hydrogen-bond donors (Lipinski definition) is 1. The predicted molar refractivity (Wildman–Crippen MR) is 59.9 cm³/mol. The summed E-state index contributed by atoms with van der Waals surface area (Å²) in [6.45, 7) is 1.75. The highest BCUT2D eigenvalue weighted by atomic mass is 35.5. The zero-order valence-corrected chi connectivity index (χ0v) is 9.59. The van der Waals surface area contributed by atoms with Gasteiger partial charge in [0.25, 0.3) is 0 Å². The van der Waals surface area contributed by atoms with Crippen molar-refractivity contribution in [2.75, 3.05) is 12.0 Å². The van der Waals surface area contributed by atoms with Crippen LogP contribution in [0.25, 0.3) is 0 Å². The van der Waals surface area contributed by atoms with Crippen molar-refractivity contribution in [3.8, 4) is 0 Å². The van der Waals surface area contributed by atoms with Crippen LogP contribution in [0.1, 0.15) is 6.92 Å². The van der Waals surface area contributed by atoms with Gasteiger partial charge in [-0.3, -0.25) is 5.43 Å². The minimum atomic E-state index is -0.845. The van der Waals surface area contributed by atoms with Gasteiger partial charge in [0.1, 0.15) is 5.82 Å². The fourth-order valence-corrected chi connectivity index (χ4v) is 1.02. The lowest BCUT2D eigenvalue weighted by atomic mass is 10.3. The number of carbonyl (C=O) groups is 1. The zero-order chi connectivity index (χ0) is 12.8. The topological polar surface area (TPSA) is 50.7 Å². The lowest BCUT2D eigenvalue weighted by molar-refractivity contribution is -0.134. The van der Waals surface area contributed by atoms with Crippen LogP contribution in [0.3, 0.4) is 0 Å². The van der Waals surface area contributed by atoms with E-state index in [0.29, 0.717) is 6.07 Å². The number of nitrogens with zero attached hydrogens (tertiary/aromatic N) is 1. The van der Waals surface area contributed by atoms with Crippen molar-refractivity contribution in [2.24, 2.45) is 5.10 Å². The Bertz CT molecular complexity index is 452. The van der Waals surface area contributed by atoms with E-state index in [9.17, 15) is 13.6 Å².